The number of amides is 1. The Hall–Kier alpha value is -1.36. The monoisotopic (exact) mass is 277 g/mol. The van der Waals surface area contributed by atoms with Gasteiger partial charge in [-0.15, -0.1) is 0 Å². The van der Waals surface area contributed by atoms with Crippen molar-refractivity contribution in [2.45, 2.75) is 57.4 Å². The molecule has 2 unspecified atom stereocenters. The maximum atomic E-state index is 12.4. The van der Waals surface area contributed by atoms with Gasteiger partial charge in [-0.25, -0.2) is 0 Å². The molecule has 1 fully saturated rings. The highest BCUT2D eigenvalue weighted by atomic mass is 16.3. The van der Waals surface area contributed by atoms with Gasteiger partial charge in [-0.05, 0) is 32.1 Å². The molecule has 3 rings (SSSR count). The molecule has 0 aliphatic heterocycles. The number of H-pyrrole nitrogens is 1. The molecule has 2 aliphatic rings. The van der Waals surface area contributed by atoms with E-state index < -0.39 is 0 Å². The number of nitrogens with zero attached hydrogens (tertiary/aromatic N) is 1. The first kappa shape index (κ1) is 13.6. The molecule has 2 atom stereocenters. The molecule has 3 N–H and O–H groups in total. The second-order valence-electron chi connectivity index (χ2n) is 6.04. The van der Waals surface area contributed by atoms with Crippen LogP contribution in [0.25, 0.3) is 0 Å². The van der Waals surface area contributed by atoms with E-state index in [1.807, 2.05) is 0 Å². The molecule has 1 saturated carbocycles. The lowest BCUT2D eigenvalue weighted by atomic mass is 9.95. The SMILES string of the molecule is O=C(NC1CCCCCC1CO)c1n[nH]c2c1CCC2. The van der Waals surface area contributed by atoms with Crippen molar-refractivity contribution in [3.8, 4) is 0 Å². The molecule has 1 aromatic rings. The first-order chi connectivity index (χ1) is 9.79. The molecular formula is C15H23N3O2. The Morgan fingerprint density at radius 3 is 2.95 bits per heavy atom. The number of hydrogen-bond donors (Lipinski definition) is 3. The number of aliphatic hydroxyl groups excluding tert-OH is 1. The summed E-state index contributed by atoms with van der Waals surface area (Å²) < 4.78 is 0. The predicted molar refractivity (Wildman–Crippen MR) is 75.5 cm³/mol. The summed E-state index contributed by atoms with van der Waals surface area (Å²) in [6, 6.07) is 0.0868. The van der Waals surface area contributed by atoms with Gasteiger partial charge in [0.1, 0.15) is 0 Å². The van der Waals surface area contributed by atoms with E-state index in [0.717, 1.165) is 56.2 Å². The van der Waals surface area contributed by atoms with Crippen LogP contribution in [-0.4, -0.2) is 33.9 Å². The van der Waals surface area contributed by atoms with E-state index in [-0.39, 0.29) is 24.5 Å². The average molecular weight is 277 g/mol. The molecule has 0 aromatic carbocycles. The third-order valence-electron chi connectivity index (χ3n) is 4.73. The highest BCUT2D eigenvalue weighted by Gasteiger charge is 2.28. The third kappa shape index (κ3) is 2.59. The largest absolute Gasteiger partial charge is 0.396 e. The number of carbonyl (C=O) groups is 1. The highest BCUT2D eigenvalue weighted by Crippen LogP contribution is 2.25. The van der Waals surface area contributed by atoms with E-state index in [1.165, 1.54) is 6.42 Å². The topological polar surface area (TPSA) is 78.0 Å². The minimum Gasteiger partial charge on any atom is -0.396 e. The summed E-state index contributed by atoms with van der Waals surface area (Å²) in [5, 5.41) is 19.8. The van der Waals surface area contributed by atoms with E-state index in [4.69, 9.17) is 0 Å². The van der Waals surface area contributed by atoms with Crippen molar-refractivity contribution in [3.05, 3.63) is 17.0 Å². The first-order valence-corrected chi connectivity index (χ1v) is 7.77. The van der Waals surface area contributed by atoms with Gasteiger partial charge in [-0.1, -0.05) is 19.3 Å². The zero-order valence-electron chi connectivity index (χ0n) is 11.8. The molecule has 110 valence electrons. The smallest absolute Gasteiger partial charge is 0.272 e. The second kappa shape index (κ2) is 5.95. The molecule has 5 nitrogen and oxygen atoms in total. The second-order valence-corrected chi connectivity index (χ2v) is 6.04. The molecule has 1 amide bonds. The van der Waals surface area contributed by atoms with Crippen LogP contribution in [0.2, 0.25) is 0 Å². The lowest BCUT2D eigenvalue weighted by Crippen LogP contribution is -2.41. The van der Waals surface area contributed by atoms with Crippen LogP contribution in [0.15, 0.2) is 0 Å². The highest BCUT2D eigenvalue weighted by molar-refractivity contribution is 5.94. The molecule has 1 heterocycles. The molecule has 0 radical (unpaired) electrons. The molecule has 0 saturated heterocycles. The Bertz CT molecular complexity index is 483. The standard InChI is InChI=1S/C15H23N3O2/c19-9-10-5-2-1-3-7-12(10)16-15(20)14-11-6-4-8-13(11)17-18-14/h10,12,19H,1-9H2,(H,16,20)(H,17,18). The first-order valence-electron chi connectivity index (χ1n) is 7.77. The minimum absolute atomic E-state index is 0.0743. The Morgan fingerprint density at radius 2 is 2.10 bits per heavy atom. The van der Waals surface area contributed by atoms with Crippen LogP contribution in [0.1, 0.15) is 60.3 Å². The molecule has 0 spiro atoms. The van der Waals surface area contributed by atoms with Crippen molar-refractivity contribution < 1.29 is 9.90 Å². The van der Waals surface area contributed by atoms with Gasteiger partial charge in [0.2, 0.25) is 0 Å². The van der Waals surface area contributed by atoms with Crippen molar-refractivity contribution >= 4 is 5.91 Å². The van der Waals surface area contributed by atoms with Gasteiger partial charge in [0, 0.05) is 29.8 Å². The average Bonchev–Trinajstić information content (AvgIpc) is 2.98. The Morgan fingerprint density at radius 1 is 1.25 bits per heavy atom. The van der Waals surface area contributed by atoms with E-state index in [9.17, 15) is 9.90 Å². The maximum Gasteiger partial charge on any atom is 0.272 e. The summed E-state index contributed by atoms with van der Waals surface area (Å²) in [5.41, 5.74) is 2.78. The van der Waals surface area contributed by atoms with Crippen molar-refractivity contribution in [3.63, 3.8) is 0 Å². The fourth-order valence-corrected chi connectivity index (χ4v) is 3.54. The summed E-state index contributed by atoms with van der Waals surface area (Å²) in [5.74, 6) is 0.114. The predicted octanol–water partition coefficient (Wildman–Crippen LogP) is 1.57. The lowest BCUT2D eigenvalue weighted by Gasteiger charge is -2.24. The van der Waals surface area contributed by atoms with Gasteiger partial charge in [0.25, 0.3) is 5.91 Å². The van der Waals surface area contributed by atoms with Gasteiger partial charge in [0.15, 0.2) is 5.69 Å². The van der Waals surface area contributed by atoms with E-state index >= 15 is 0 Å². The summed E-state index contributed by atoms with van der Waals surface area (Å²) in [4.78, 5) is 12.4. The quantitative estimate of drug-likeness (QED) is 0.734. The number of hydrogen-bond acceptors (Lipinski definition) is 3. The van der Waals surface area contributed by atoms with Gasteiger partial charge in [0.05, 0.1) is 0 Å². The summed E-state index contributed by atoms with van der Waals surface area (Å²) >= 11 is 0. The molecule has 5 heteroatoms. The van der Waals surface area contributed by atoms with Crippen LogP contribution in [0.3, 0.4) is 0 Å². The Kier molecular flexibility index (Phi) is 4.05. The maximum absolute atomic E-state index is 12.4. The number of nitrogens with one attached hydrogen (secondary N) is 2. The van der Waals surface area contributed by atoms with Gasteiger partial charge < -0.3 is 10.4 Å². The third-order valence-corrected chi connectivity index (χ3v) is 4.73. The number of aromatic amines is 1. The van der Waals surface area contributed by atoms with E-state index in [0.29, 0.717) is 5.69 Å². The van der Waals surface area contributed by atoms with Gasteiger partial charge in [-0.2, -0.15) is 5.10 Å². The van der Waals surface area contributed by atoms with Gasteiger partial charge in [-0.3, -0.25) is 9.89 Å². The zero-order valence-corrected chi connectivity index (χ0v) is 11.8. The normalized spacial score (nSPS) is 26.1. The lowest BCUT2D eigenvalue weighted by molar-refractivity contribution is 0.0893. The van der Waals surface area contributed by atoms with Crippen LogP contribution in [0, 0.1) is 5.92 Å². The molecule has 2 aliphatic carbocycles. The van der Waals surface area contributed by atoms with Crippen LogP contribution in [0.5, 0.6) is 0 Å². The molecule has 0 bridgehead atoms. The summed E-state index contributed by atoms with van der Waals surface area (Å²) in [7, 11) is 0. The molecule has 20 heavy (non-hydrogen) atoms. The van der Waals surface area contributed by atoms with Gasteiger partial charge >= 0.3 is 0 Å². The number of aromatic nitrogens is 2. The molecular weight excluding hydrogens is 254 g/mol. The van der Waals surface area contributed by atoms with Crippen LogP contribution < -0.4 is 5.32 Å². The fraction of sp³-hybridized carbons (Fsp3) is 0.733. The van der Waals surface area contributed by atoms with Crippen molar-refractivity contribution in [1.82, 2.24) is 15.5 Å². The summed E-state index contributed by atoms with van der Waals surface area (Å²) in [6.45, 7) is 0.156. The zero-order chi connectivity index (χ0) is 13.9. The van der Waals surface area contributed by atoms with Crippen molar-refractivity contribution in [2.24, 2.45) is 5.92 Å². The minimum atomic E-state index is -0.0743. The van der Waals surface area contributed by atoms with Crippen molar-refractivity contribution in [1.29, 1.82) is 0 Å². The Balaban J connectivity index is 1.70. The number of carbonyl (C=O) groups excluding carboxylic acids is 1. The molecule has 1 aromatic heterocycles. The summed E-state index contributed by atoms with van der Waals surface area (Å²) in [6.07, 6.45) is 8.48. The Labute approximate surface area is 119 Å². The van der Waals surface area contributed by atoms with Crippen molar-refractivity contribution in [2.75, 3.05) is 6.61 Å². The number of aliphatic hydroxyl groups is 1. The van der Waals surface area contributed by atoms with Crippen LogP contribution in [0.4, 0.5) is 0 Å². The van der Waals surface area contributed by atoms with E-state index in [1.54, 1.807) is 0 Å². The number of aryl methyl sites for hydroxylation is 1. The number of fused-ring (bicyclic) bond motifs is 1. The van der Waals surface area contributed by atoms with E-state index in [2.05, 4.69) is 15.5 Å². The van der Waals surface area contributed by atoms with Crippen LogP contribution >= 0.6 is 0 Å². The fourth-order valence-electron chi connectivity index (χ4n) is 3.54. The number of rotatable bonds is 3. The van der Waals surface area contributed by atoms with Crippen LogP contribution in [-0.2, 0) is 12.8 Å².